The standard InChI is InChI=1S/C13H16O4/c1-3-10(14)6-4-9-5-7-11(17-2)8-12(9)13(15)16/h5,7-8H,3-4,6H2,1-2H3,(H,15,16). The lowest BCUT2D eigenvalue weighted by molar-refractivity contribution is -0.118. The van der Waals surface area contributed by atoms with Crippen LogP contribution in [0.2, 0.25) is 0 Å². The molecule has 1 rings (SSSR count). The summed E-state index contributed by atoms with van der Waals surface area (Å²) in [5, 5.41) is 9.07. The maximum absolute atomic E-state index is 11.2. The molecular weight excluding hydrogens is 220 g/mol. The third kappa shape index (κ3) is 3.59. The van der Waals surface area contributed by atoms with Gasteiger partial charge in [0.1, 0.15) is 11.5 Å². The summed E-state index contributed by atoms with van der Waals surface area (Å²) in [6.07, 6.45) is 1.32. The Morgan fingerprint density at radius 1 is 1.35 bits per heavy atom. The lowest BCUT2D eigenvalue weighted by Crippen LogP contribution is -2.05. The van der Waals surface area contributed by atoms with E-state index in [1.165, 1.54) is 13.2 Å². The summed E-state index contributed by atoms with van der Waals surface area (Å²) in [5.41, 5.74) is 0.869. The van der Waals surface area contributed by atoms with E-state index >= 15 is 0 Å². The van der Waals surface area contributed by atoms with E-state index in [1.54, 1.807) is 19.1 Å². The Morgan fingerprint density at radius 3 is 2.59 bits per heavy atom. The zero-order valence-electron chi connectivity index (χ0n) is 10.0. The van der Waals surface area contributed by atoms with Crippen molar-refractivity contribution in [3.05, 3.63) is 29.3 Å². The molecule has 4 heteroatoms. The molecule has 0 fully saturated rings. The molecule has 92 valence electrons. The minimum Gasteiger partial charge on any atom is -0.497 e. The number of ketones is 1. The third-order valence-corrected chi connectivity index (χ3v) is 2.61. The molecule has 1 aromatic carbocycles. The van der Waals surface area contributed by atoms with E-state index in [0.29, 0.717) is 30.6 Å². The van der Waals surface area contributed by atoms with Gasteiger partial charge in [0.05, 0.1) is 12.7 Å². The highest BCUT2D eigenvalue weighted by atomic mass is 16.5. The molecule has 0 saturated heterocycles. The van der Waals surface area contributed by atoms with Gasteiger partial charge in [0.2, 0.25) is 0 Å². The number of carboxylic acids is 1. The van der Waals surface area contributed by atoms with E-state index in [9.17, 15) is 9.59 Å². The molecule has 0 atom stereocenters. The smallest absolute Gasteiger partial charge is 0.336 e. The Morgan fingerprint density at radius 2 is 2.06 bits per heavy atom. The Bertz CT molecular complexity index is 423. The summed E-state index contributed by atoms with van der Waals surface area (Å²) >= 11 is 0. The van der Waals surface area contributed by atoms with Crippen LogP contribution in [0.15, 0.2) is 18.2 Å². The second kappa shape index (κ2) is 6.03. The maximum atomic E-state index is 11.2. The number of aromatic carboxylic acids is 1. The Hall–Kier alpha value is -1.84. The number of hydrogen-bond acceptors (Lipinski definition) is 3. The quantitative estimate of drug-likeness (QED) is 0.823. The van der Waals surface area contributed by atoms with Crippen molar-refractivity contribution in [3.63, 3.8) is 0 Å². The van der Waals surface area contributed by atoms with Gasteiger partial charge in [-0.25, -0.2) is 4.79 Å². The number of carboxylic acid groups (broad SMARTS) is 1. The van der Waals surface area contributed by atoms with Crippen molar-refractivity contribution in [2.75, 3.05) is 7.11 Å². The van der Waals surface area contributed by atoms with Crippen molar-refractivity contribution in [2.45, 2.75) is 26.2 Å². The Kier molecular flexibility index (Phi) is 4.69. The number of Topliss-reactive ketones (excluding diaryl/α,β-unsaturated/α-hetero) is 1. The summed E-state index contributed by atoms with van der Waals surface area (Å²) in [6, 6.07) is 4.89. The predicted molar refractivity (Wildman–Crippen MR) is 63.6 cm³/mol. The predicted octanol–water partition coefficient (Wildman–Crippen LogP) is 2.31. The number of aryl methyl sites for hydroxylation is 1. The van der Waals surface area contributed by atoms with Crippen molar-refractivity contribution < 1.29 is 19.4 Å². The van der Waals surface area contributed by atoms with Gasteiger partial charge in [0.25, 0.3) is 0 Å². The van der Waals surface area contributed by atoms with Gasteiger partial charge in [0.15, 0.2) is 0 Å². The fourth-order valence-corrected chi connectivity index (χ4v) is 1.55. The minimum absolute atomic E-state index is 0.136. The van der Waals surface area contributed by atoms with Gasteiger partial charge < -0.3 is 9.84 Å². The minimum atomic E-state index is -0.997. The number of rotatable bonds is 6. The van der Waals surface area contributed by atoms with Crippen LogP contribution in [0.1, 0.15) is 35.7 Å². The number of ether oxygens (including phenoxy) is 1. The van der Waals surface area contributed by atoms with Gasteiger partial charge in [-0.3, -0.25) is 4.79 Å². The van der Waals surface area contributed by atoms with Crippen LogP contribution in [0.4, 0.5) is 0 Å². The summed E-state index contributed by atoms with van der Waals surface area (Å²) in [4.78, 5) is 22.3. The van der Waals surface area contributed by atoms with Crippen molar-refractivity contribution in [3.8, 4) is 5.75 Å². The topological polar surface area (TPSA) is 63.6 Å². The molecule has 0 spiro atoms. The highest BCUT2D eigenvalue weighted by Crippen LogP contribution is 2.19. The number of methoxy groups -OCH3 is 1. The highest BCUT2D eigenvalue weighted by Gasteiger charge is 2.12. The summed E-state index contributed by atoms with van der Waals surface area (Å²) in [7, 11) is 1.49. The third-order valence-electron chi connectivity index (χ3n) is 2.61. The summed E-state index contributed by atoms with van der Waals surface area (Å²) < 4.78 is 4.98. The zero-order valence-corrected chi connectivity index (χ0v) is 10.0. The molecule has 17 heavy (non-hydrogen) atoms. The summed E-state index contributed by atoms with van der Waals surface area (Å²) in [6.45, 7) is 1.80. The van der Waals surface area contributed by atoms with Crippen molar-refractivity contribution in [1.29, 1.82) is 0 Å². The zero-order chi connectivity index (χ0) is 12.8. The van der Waals surface area contributed by atoms with Gasteiger partial charge in [-0.15, -0.1) is 0 Å². The Labute approximate surface area is 100 Å². The first-order valence-electron chi connectivity index (χ1n) is 5.50. The average Bonchev–Trinajstić information content (AvgIpc) is 2.35. The second-order valence-electron chi connectivity index (χ2n) is 3.72. The van der Waals surface area contributed by atoms with Crippen LogP contribution in [0.3, 0.4) is 0 Å². The molecule has 0 aliphatic rings. The van der Waals surface area contributed by atoms with E-state index < -0.39 is 5.97 Å². The van der Waals surface area contributed by atoms with Crippen LogP contribution in [0.5, 0.6) is 5.75 Å². The van der Waals surface area contributed by atoms with Gasteiger partial charge in [-0.2, -0.15) is 0 Å². The highest BCUT2D eigenvalue weighted by molar-refractivity contribution is 5.90. The van der Waals surface area contributed by atoms with Crippen LogP contribution in [0.25, 0.3) is 0 Å². The number of hydrogen-bond donors (Lipinski definition) is 1. The monoisotopic (exact) mass is 236 g/mol. The van der Waals surface area contributed by atoms with Gasteiger partial charge >= 0.3 is 5.97 Å². The van der Waals surface area contributed by atoms with Gasteiger partial charge in [-0.05, 0) is 24.1 Å². The molecule has 4 nitrogen and oxygen atoms in total. The first kappa shape index (κ1) is 13.2. The van der Waals surface area contributed by atoms with E-state index in [-0.39, 0.29) is 11.3 Å². The Balaban J connectivity index is 2.90. The fourth-order valence-electron chi connectivity index (χ4n) is 1.55. The number of carbonyl (C=O) groups excluding carboxylic acids is 1. The molecule has 0 heterocycles. The van der Waals surface area contributed by atoms with Crippen molar-refractivity contribution in [1.82, 2.24) is 0 Å². The van der Waals surface area contributed by atoms with Crippen LogP contribution >= 0.6 is 0 Å². The van der Waals surface area contributed by atoms with Crippen LogP contribution in [-0.2, 0) is 11.2 Å². The number of carbonyl (C=O) groups is 2. The van der Waals surface area contributed by atoms with Crippen molar-refractivity contribution in [2.24, 2.45) is 0 Å². The molecule has 0 aromatic heterocycles. The molecule has 0 bridgehead atoms. The molecule has 0 aliphatic carbocycles. The average molecular weight is 236 g/mol. The maximum Gasteiger partial charge on any atom is 0.336 e. The largest absolute Gasteiger partial charge is 0.497 e. The van der Waals surface area contributed by atoms with E-state index in [4.69, 9.17) is 9.84 Å². The van der Waals surface area contributed by atoms with E-state index in [1.807, 2.05) is 0 Å². The first-order valence-corrected chi connectivity index (χ1v) is 5.50. The molecule has 0 unspecified atom stereocenters. The molecule has 1 aromatic rings. The number of benzene rings is 1. The molecule has 0 aliphatic heterocycles. The first-order chi connectivity index (χ1) is 8.08. The van der Waals surface area contributed by atoms with E-state index in [2.05, 4.69) is 0 Å². The molecule has 0 radical (unpaired) electrons. The SMILES string of the molecule is CCC(=O)CCc1ccc(OC)cc1C(=O)O. The molecule has 1 N–H and O–H groups in total. The molecular formula is C13H16O4. The van der Waals surface area contributed by atoms with Crippen LogP contribution in [0, 0.1) is 0 Å². The lowest BCUT2D eigenvalue weighted by atomic mass is 10.0. The van der Waals surface area contributed by atoms with Gasteiger partial charge in [0, 0.05) is 12.8 Å². The molecule has 0 saturated carbocycles. The van der Waals surface area contributed by atoms with Crippen LogP contribution < -0.4 is 4.74 Å². The van der Waals surface area contributed by atoms with E-state index in [0.717, 1.165) is 0 Å². The van der Waals surface area contributed by atoms with Crippen LogP contribution in [-0.4, -0.2) is 24.0 Å². The fraction of sp³-hybridized carbons (Fsp3) is 0.385. The van der Waals surface area contributed by atoms with Crippen molar-refractivity contribution >= 4 is 11.8 Å². The van der Waals surface area contributed by atoms with Gasteiger partial charge in [-0.1, -0.05) is 13.0 Å². The normalized spacial score (nSPS) is 10.0. The second-order valence-corrected chi connectivity index (χ2v) is 3.72. The molecule has 0 amide bonds. The lowest BCUT2D eigenvalue weighted by Gasteiger charge is -2.07. The summed E-state index contributed by atoms with van der Waals surface area (Å²) in [5.74, 6) is -0.354.